The van der Waals surface area contributed by atoms with Crippen LogP contribution < -0.4 is 4.74 Å². The van der Waals surface area contributed by atoms with Gasteiger partial charge in [0.2, 0.25) is 0 Å². The Kier molecular flexibility index (Phi) is 8.65. The lowest BCUT2D eigenvalue weighted by atomic mass is 9.95. The number of methoxy groups -OCH3 is 1. The van der Waals surface area contributed by atoms with Gasteiger partial charge in [-0.2, -0.15) is 13.2 Å². The second kappa shape index (κ2) is 11.5. The third-order valence-corrected chi connectivity index (χ3v) is 6.04. The van der Waals surface area contributed by atoms with Gasteiger partial charge in [0.05, 0.1) is 18.8 Å². The number of benzene rings is 2. The number of hydrogen-bond donors (Lipinski definition) is 1. The fourth-order valence-electron chi connectivity index (χ4n) is 4.09. The van der Waals surface area contributed by atoms with E-state index in [1.54, 1.807) is 18.2 Å². The van der Waals surface area contributed by atoms with Gasteiger partial charge in [0.25, 0.3) is 0 Å². The zero-order valence-corrected chi connectivity index (χ0v) is 20.2. The lowest BCUT2D eigenvalue weighted by Crippen LogP contribution is -2.20. The zero-order valence-electron chi connectivity index (χ0n) is 20.2. The molecule has 0 aliphatic heterocycles. The van der Waals surface area contributed by atoms with Gasteiger partial charge in [0, 0.05) is 5.56 Å². The second-order valence-corrected chi connectivity index (χ2v) is 8.97. The van der Waals surface area contributed by atoms with Crippen LogP contribution in [-0.2, 0) is 17.3 Å². The summed E-state index contributed by atoms with van der Waals surface area (Å²) in [6.07, 6.45) is 6.22. The minimum Gasteiger partial charge on any atom is -0.507 e. The summed E-state index contributed by atoms with van der Waals surface area (Å²) in [6, 6.07) is 6.39. The maximum atomic E-state index is 12.9. The molecule has 0 heterocycles. The number of ether oxygens (including phenoxy) is 2. The quantitative estimate of drug-likeness (QED) is 0.248. The molecule has 1 fully saturated rings. The number of phenols is 1. The molecule has 1 aliphatic carbocycles. The summed E-state index contributed by atoms with van der Waals surface area (Å²) in [7, 11) is 1.23. The van der Waals surface area contributed by atoms with Gasteiger partial charge in [-0.05, 0) is 75.3 Å². The van der Waals surface area contributed by atoms with Crippen LogP contribution in [-0.4, -0.2) is 24.3 Å². The SMILES string of the molecule is COC(=O)c1c(C=Cc2ccc(C(F)(F)F)cc2)cc(OC2CCCCC2)c(CC=C(C)C)c1O. The summed E-state index contributed by atoms with van der Waals surface area (Å²) < 4.78 is 49.8. The van der Waals surface area contributed by atoms with Gasteiger partial charge in [-0.25, -0.2) is 4.79 Å². The molecule has 188 valence electrons. The van der Waals surface area contributed by atoms with Crippen molar-refractivity contribution in [3.63, 3.8) is 0 Å². The standard InChI is InChI=1S/C28H31F3O4/c1-18(2)9-16-23-24(35-22-7-5-4-6-8-22)17-20(25(26(23)32)27(33)34-3)13-10-19-11-14-21(15-12-19)28(29,30)31/h9-15,17,22,32H,4-8,16H2,1-3H3. The van der Waals surface area contributed by atoms with Gasteiger partial charge in [0.15, 0.2) is 0 Å². The van der Waals surface area contributed by atoms with E-state index in [0.717, 1.165) is 49.8 Å². The summed E-state index contributed by atoms with van der Waals surface area (Å²) in [5.41, 5.74) is 1.68. The van der Waals surface area contributed by atoms with Crippen molar-refractivity contribution in [2.75, 3.05) is 7.11 Å². The van der Waals surface area contributed by atoms with Gasteiger partial charge in [-0.15, -0.1) is 0 Å². The molecule has 3 rings (SSSR count). The predicted molar refractivity (Wildman–Crippen MR) is 130 cm³/mol. The van der Waals surface area contributed by atoms with E-state index in [4.69, 9.17) is 9.47 Å². The third kappa shape index (κ3) is 6.90. The molecular formula is C28H31F3O4. The first-order chi connectivity index (χ1) is 16.6. The van der Waals surface area contributed by atoms with Crippen molar-refractivity contribution in [2.45, 2.75) is 64.7 Å². The molecular weight excluding hydrogens is 457 g/mol. The van der Waals surface area contributed by atoms with Crippen LogP contribution in [0.2, 0.25) is 0 Å². The Morgan fingerprint density at radius 2 is 1.74 bits per heavy atom. The maximum absolute atomic E-state index is 12.9. The maximum Gasteiger partial charge on any atom is 0.416 e. The van der Waals surface area contributed by atoms with Crippen LogP contribution in [0.15, 0.2) is 42.0 Å². The minimum absolute atomic E-state index is 0.0104. The Labute approximate surface area is 204 Å². The van der Waals surface area contributed by atoms with E-state index in [1.807, 2.05) is 19.9 Å². The molecule has 0 saturated heterocycles. The largest absolute Gasteiger partial charge is 0.507 e. The minimum atomic E-state index is -4.42. The van der Waals surface area contributed by atoms with Gasteiger partial charge < -0.3 is 14.6 Å². The Morgan fingerprint density at radius 3 is 2.31 bits per heavy atom. The predicted octanol–water partition coefficient (Wildman–Crippen LogP) is 7.59. The summed E-state index contributed by atoms with van der Waals surface area (Å²) in [5.74, 6) is -0.432. The number of allylic oxidation sites excluding steroid dienone is 2. The molecule has 0 atom stereocenters. The average molecular weight is 489 g/mol. The molecule has 0 amide bonds. The summed E-state index contributed by atoms with van der Waals surface area (Å²) in [5, 5.41) is 11.1. The average Bonchev–Trinajstić information content (AvgIpc) is 2.82. The highest BCUT2D eigenvalue weighted by molar-refractivity contribution is 5.98. The summed E-state index contributed by atoms with van der Waals surface area (Å²) >= 11 is 0. The highest BCUT2D eigenvalue weighted by atomic mass is 19.4. The van der Waals surface area contributed by atoms with E-state index in [1.165, 1.54) is 19.2 Å². The lowest BCUT2D eigenvalue weighted by Gasteiger charge is -2.25. The van der Waals surface area contributed by atoms with E-state index in [2.05, 4.69) is 0 Å². The van der Waals surface area contributed by atoms with Crippen molar-refractivity contribution in [1.29, 1.82) is 0 Å². The first kappa shape index (κ1) is 26.4. The molecule has 0 unspecified atom stereocenters. The molecule has 35 heavy (non-hydrogen) atoms. The summed E-state index contributed by atoms with van der Waals surface area (Å²) in [6.45, 7) is 3.89. The summed E-state index contributed by atoms with van der Waals surface area (Å²) in [4.78, 5) is 12.6. The third-order valence-electron chi connectivity index (χ3n) is 6.04. The van der Waals surface area contributed by atoms with E-state index in [0.29, 0.717) is 28.9 Å². The van der Waals surface area contributed by atoms with Crippen LogP contribution in [0.4, 0.5) is 13.2 Å². The topological polar surface area (TPSA) is 55.8 Å². The van der Waals surface area contributed by atoms with Crippen molar-refractivity contribution in [3.05, 3.63) is 69.8 Å². The number of hydrogen-bond acceptors (Lipinski definition) is 4. The van der Waals surface area contributed by atoms with Crippen LogP contribution in [0.5, 0.6) is 11.5 Å². The molecule has 4 nitrogen and oxygen atoms in total. The first-order valence-electron chi connectivity index (χ1n) is 11.7. The van der Waals surface area contributed by atoms with Crippen molar-refractivity contribution in [3.8, 4) is 11.5 Å². The molecule has 1 aliphatic rings. The molecule has 1 N–H and O–H groups in total. The number of rotatable bonds is 7. The van der Waals surface area contributed by atoms with Gasteiger partial charge >= 0.3 is 12.1 Å². The van der Waals surface area contributed by atoms with Crippen LogP contribution >= 0.6 is 0 Å². The number of phenolic OH excluding ortho intramolecular Hbond substituents is 1. The fraction of sp³-hybridized carbons (Fsp3) is 0.393. The van der Waals surface area contributed by atoms with Crippen LogP contribution in [0.3, 0.4) is 0 Å². The lowest BCUT2D eigenvalue weighted by molar-refractivity contribution is -0.137. The Hall–Kier alpha value is -3.22. The molecule has 0 spiro atoms. The van der Waals surface area contributed by atoms with Crippen molar-refractivity contribution >= 4 is 18.1 Å². The molecule has 0 aromatic heterocycles. The van der Waals surface area contributed by atoms with Crippen molar-refractivity contribution in [1.82, 2.24) is 0 Å². The van der Waals surface area contributed by atoms with Crippen LogP contribution in [0, 0.1) is 0 Å². The molecule has 1 saturated carbocycles. The molecule has 7 heteroatoms. The Balaban J connectivity index is 2.06. The van der Waals surface area contributed by atoms with Crippen molar-refractivity contribution < 1.29 is 32.5 Å². The number of carbonyl (C=O) groups excluding carboxylic acids is 1. The molecule has 0 bridgehead atoms. The van der Waals surface area contributed by atoms with Crippen LogP contribution in [0.1, 0.15) is 78.6 Å². The number of alkyl halides is 3. The normalized spacial score (nSPS) is 14.7. The van der Waals surface area contributed by atoms with E-state index >= 15 is 0 Å². The number of halogens is 3. The smallest absolute Gasteiger partial charge is 0.416 e. The van der Waals surface area contributed by atoms with Gasteiger partial charge in [-0.3, -0.25) is 0 Å². The molecule has 2 aromatic rings. The van der Waals surface area contributed by atoms with E-state index in [9.17, 15) is 23.1 Å². The van der Waals surface area contributed by atoms with Gasteiger partial charge in [-0.1, -0.05) is 42.4 Å². The first-order valence-corrected chi connectivity index (χ1v) is 11.7. The van der Waals surface area contributed by atoms with Crippen molar-refractivity contribution in [2.24, 2.45) is 0 Å². The number of esters is 1. The highest BCUT2D eigenvalue weighted by Gasteiger charge is 2.30. The van der Waals surface area contributed by atoms with E-state index in [-0.39, 0.29) is 17.4 Å². The number of aromatic hydroxyl groups is 1. The number of carbonyl (C=O) groups is 1. The zero-order chi connectivity index (χ0) is 25.6. The molecule has 2 aromatic carbocycles. The monoisotopic (exact) mass is 488 g/mol. The van der Waals surface area contributed by atoms with Crippen LogP contribution in [0.25, 0.3) is 12.2 Å². The second-order valence-electron chi connectivity index (χ2n) is 8.97. The highest BCUT2D eigenvalue weighted by Crippen LogP contribution is 2.38. The fourth-order valence-corrected chi connectivity index (χ4v) is 4.09. The Morgan fingerprint density at radius 1 is 1.09 bits per heavy atom. The Bertz CT molecular complexity index is 1090. The van der Waals surface area contributed by atoms with Gasteiger partial charge in [0.1, 0.15) is 17.1 Å². The molecule has 0 radical (unpaired) electrons. The van der Waals surface area contributed by atoms with E-state index < -0.39 is 17.7 Å².